The summed E-state index contributed by atoms with van der Waals surface area (Å²) in [5, 5.41) is 11.4. The van der Waals surface area contributed by atoms with Crippen molar-refractivity contribution in [3.63, 3.8) is 0 Å². The first-order valence-corrected chi connectivity index (χ1v) is 9.44. The molecule has 1 aromatic carbocycles. The highest BCUT2D eigenvalue weighted by molar-refractivity contribution is 6.30. The maximum absolute atomic E-state index is 12.2. The van der Waals surface area contributed by atoms with Crippen LogP contribution >= 0.6 is 24.0 Å². The molecular weight excluding hydrogens is 387 g/mol. The fraction of sp³-hybridized carbons (Fsp3) is 0.474. The van der Waals surface area contributed by atoms with Crippen LogP contribution in [0.3, 0.4) is 0 Å². The van der Waals surface area contributed by atoms with E-state index in [9.17, 15) is 4.79 Å². The number of rotatable bonds is 7. The van der Waals surface area contributed by atoms with Crippen molar-refractivity contribution in [3.8, 4) is 5.75 Å². The average Bonchev–Trinajstić information content (AvgIpc) is 3.14. The third-order valence-electron chi connectivity index (χ3n) is 4.49. The molecule has 1 amide bonds. The van der Waals surface area contributed by atoms with E-state index in [2.05, 4.69) is 15.7 Å². The second-order valence-electron chi connectivity index (χ2n) is 6.55. The molecule has 1 aliphatic heterocycles. The smallest absolute Gasteiger partial charge is 0.271 e. The molecule has 0 aliphatic carbocycles. The van der Waals surface area contributed by atoms with E-state index < -0.39 is 0 Å². The number of piperidine rings is 1. The Bertz CT molecular complexity index is 745. The predicted molar refractivity (Wildman–Crippen MR) is 109 cm³/mol. The Hall–Kier alpha value is -1.76. The second-order valence-corrected chi connectivity index (χ2v) is 6.99. The zero-order valence-electron chi connectivity index (χ0n) is 15.4. The van der Waals surface area contributed by atoms with E-state index in [4.69, 9.17) is 16.3 Å². The number of halogens is 2. The van der Waals surface area contributed by atoms with Crippen molar-refractivity contribution in [2.24, 2.45) is 0 Å². The molecule has 1 atom stereocenters. The van der Waals surface area contributed by atoms with Gasteiger partial charge < -0.3 is 15.4 Å². The van der Waals surface area contributed by atoms with E-state index in [1.165, 1.54) is 0 Å². The van der Waals surface area contributed by atoms with Gasteiger partial charge in [0.05, 0.1) is 12.6 Å². The molecule has 1 unspecified atom stereocenters. The second kappa shape index (κ2) is 10.5. The summed E-state index contributed by atoms with van der Waals surface area (Å²) in [6, 6.07) is 7.66. The molecule has 2 heterocycles. The molecule has 0 saturated carbocycles. The summed E-state index contributed by atoms with van der Waals surface area (Å²) in [6.45, 7) is 5.00. The Balaban J connectivity index is 0.00000261. The van der Waals surface area contributed by atoms with Gasteiger partial charge in [-0.2, -0.15) is 5.10 Å². The van der Waals surface area contributed by atoms with E-state index in [-0.39, 0.29) is 18.3 Å². The summed E-state index contributed by atoms with van der Waals surface area (Å²) >= 11 is 5.93. The van der Waals surface area contributed by atoms with Crippen LogP contribution in [0.1, 0.15) is 41.4 Å². The molecule has 0 bridgehead atoms. The van der Waals surface area contributed by atoms with Crippen molar-refractivity contribution in [3.05, 3.63) is 46.7 Å². The molecule has 1 fully saturated rings. The first-order valence-electron chi connectivity index (χ1n) is 9.06. The number of hydrogen-bond donors (Lipinski definition) is 2. The van der Waals surface area contributed by atoms with Gasteiger partial charge in [0.2, 0.25) is 0 Å². The van der Waals surface area contributed by atoms with Crippen molar-refractivity contribution >= 4 is 29.9 Å². The summed E-state index contributed by atoms with van der Waals surface area (Å²) in [6.07, 6.45) is 4.84. The van der Waals surface area contributed by atoms with Gasteiger partial charge in [0.25, 0.3) is 5.91 Å². The molecule has 1 saturated heterocycles. The van der Waals surface area contributed by atoms with Crippen molar-refractivity contribution in [2.45, 2.75) is 32.2 Å². The Morgan fingerprint density at radius 2 is 2.30 bits per heavy atom. The molecular formula is C19H26Cl2N4O2. The number of amides is 1. The quantitative estimate of drug-likeness (QED) is 0.683. The van der Waals surface area contributed by atoms with Crippen LogP contribution in [0.4, 0.5) is 0 Å². The van der Waals surface area contributed by atoms with Crippen LogP contribution in [0.2, 0.25) is 5.02 Å². The summed E-state index contributed by atoms with van der Waals surface area (Å²) in [4.78, 5) is 12.2. The lowest BCUT2D eigenvalue weighted by Crippen LogP contribution is -2.32. The number of aromatic nitrogens is 2. The highest BCUT2D eigenvalue weighted by atomic mass is 35.5. The van der Waals surface area contributed by atoms with Crippen molar-refractivity contribution in [1.29, 1.82) is 0 Å². The molecule has 148 valence electrons. The number of carbonyl (C=O) groups is 1. The standard InChI is InChI=1S/C19H25ClN4O2.ClH/c1-14-12-15(20)5-6-18(14)26-11-3-9-22-19(25)17-7-10-24(23-17)16-4-2-8-21-13-16;/h5-7,10,12,16,21H,2-4,8-9,11,13H2,1H3,(H,22,25);1H. The van der Waals surface area contributed by atoms with Crippen LogP contribution < -0.4 is 15.4 Å². The highest BCUT2D eigenvalue weighted by Gasteiger charge is 2.17. The maximum atomic E-state index is 12.2. The first kappa shape index (κ1) is 21.5. The molecule has 2 N–H and O–H groups in total. The SMILES string of the molecule is Cc1cc(Cl)ccc1OCCCNC(=O)c1ccn(C2CCCNC2)n1.Cl. The molecule has 1 aliphatic rings. The molecule has 0 spiro atoms. The van der Waals surface area contributed by atoms with E-state index in [0.717, 1.165) is 43.7 Å². The van der Waals surface area contributed by atoms with Crippen LogP contribution in [0, 0.1) is 6.92 Å². The number of benzene rings is 1. The van der Waals surface area contributed by atoms with Gasteiger partial charge >= 0.3 is 0 Å². The van der Waals surface area contributed by atoms with Crippen LogP contribution in [0.25, 0.3) is 0 Å². The molecule has 1 aromatic heterocycles. The minimum Gasteiger partial charge on any atom is -0.493 e. The van der Waals surface area contributed by atoms with Gasteiger partial charge in [0.1, 0.15) is 11.4 Å². The number of ether oxygens (including phenoxy) is 1. The minimum atomic E-state index is -0.143. The first-order chi connectivity index (χ1) is 12.6. The third kappa shape index (κ3) is 6.13. The van der Waals surface area contributed by atoms with Gasteiger partial charge in [-0.25, -0.2) is 0 Å². The van der Waals surface area contributed by atoms with E-state index in [0.29, 0.717) is 29.9 Å². The number of hydrogen-bond acceptors (Lipinski definition) is 4. The van der Waals surface area contributed by atoms with Crippen LogP contribution in [0.5, 0.6) is 5.75 Å². The predicted octanol–water partition coefficient (Wildman–Crippen LogP) is 3.39. The number of nitrogens with zero attached hydrogens (tertiary/aromatic N) is 2. The molecule has 3 rings (SSSR count). The Kier molecular flexibility index (Phi) is 8.41. The van der Waals surface area contributed by atoms with Crippen molar-refractivity contribution in [2.75, 3.05) is 26.2 Å². The summed E-state index contributed by atoms with van der Waals surface area (Å²) < 4.78 is 7.62. The molecule has 6 nitrogen and oxygen atoms in total. The Morgan fingerprint density at radius 3 is 3.04 bits per heavy atom. The van der Waals surface area contributed by atoms with Gasteiger partial charge in [-0.05, 0) is 62.6 Å². The van der Waals surface area contributed by atoms with Gasteiger partial charge in [0.15, 0.2) is 0 Å². The fourth-order valence-electron chi connectivity index (χ4n) is 3.04. The molecule has 0 radical (unpaired) electrons. The maximum Gasteiger partial charge on any atom is 0.271 e. The Morgan fingerprint density at radius 1 is 1.44 bits per heavy atom. The summed E-state index contributed by atoms with van der Waals surface area (Å²) in [7, 11) is 0. The topological polar surface area (TPSA) is 68.2 Å². The number of aryl methyl sites for hydroxylation is 1. The van der Waals surface area contributed by atoms with Crippen LogP contribution in [0.15, 0.2) is 30.5 Å². The normalized spacial score (nSPS) is 16.4. The third-order valence-corrected chi connectivity index (χ3v) is 4.72. The largest absolute Gasteiger partial charge is 0.493 e. The van der Waals surface area contributed by atoms with E-state index in [1.54, 1.807) is 6.07 Å². The van der Waals surface area contributed by atoms with Crippen molar-refractivity contribution < 1.29 is 9.53 Å². The highest BCUT2D eigenvalue weighted by Crippen LogP contribution is 2.21. The van der Waals surface area contributed by atoms with Gasteiger partial charge in [-0.3, -0.25) is 9.48 Å². The van der Waals surface area contributed by atoms with Gasteiger partial charge in [-0.15, -0.1) is 12.4 Å². The lowest BCUT2D eigenvalue weighted by Gasteiger charge is -2.22. The summed E-state index contributed by atoms with van der Waals surface area (Å²) in [5.41, 5.74) is 1.47. The van der Waals surface area contributed by atoms with Crippen molar-refractivity contribution in [1.82, 2.24) is 20.4 Å². The zero-order chi connectivity index (χ0) is 18.4. The lowest BCUT2D eigenvalue weighted by molar-refractivity contribution is 0.0945. The molecule has 8 heteroatoms. The van der Waals surface area contributed by atoms with Crippen LogP contribution in [-0.2, 0) is 0 Å². The number of carbonyl (C=O) groups excluding carboxylic acids is 1. The van der Waals surface area contributed by atoms with E-state index in [1.807, 2.05) is 36.0 Å². The molecule has 2 aromatic rings. The lowest BCUT2D eigenvalue weighted by atomic mass is 10.1. The van der Waals surface area contributed by atoms with Crippen LogP contribution in [-0.4, -0.2) is 41.9 Å². The van der Waals surface area contributed by atoms with Gasteiger partial charge in [0, 0.05) is 24.3 Å². The average molecular weight is 413 g/mol. The molecule has 27 heavy (non-hydrogen) atoms. The van der Waals surface area contributed by atoms with Gasteiger partial charge in [-0.1, -0.05) is 11.6 Å². The zero-order valence-corrected chi connectivity index (χ0v) is 17.0. The Labute approximate surface area is 171 Å². The van der Waals surface area contributed by atoms with E-state index >= 15 is 0 Å². The minimum absolute atomic E-state index is 0. The monoisotopic (exact) mass is 412 g/mol. The summed E-state index contributed by atoms with van der Waals surface area (Å²) in [5.74, 6) is 0.677. The number of nitrogens with one attached hydrogen (secondary N) is 2. The fourth-order valence-corrected chi connectivity index (χ4v) is 3.27.